The molecule has 2 aliphatic carbocycles. The van der Waals surface area contributed by atoms with E-state index < -0.39 is 0 Å². The Labute approximate surface area is 135 Å². The van der Waals surface area contributed by atoms with Gasteiger partial charge in [-0.25, -0.2) is 0 Å². The van der Waals surface area contributed by atoms with E-state index in [4.69, 9.17) is 4.74 Å². The summed E-state index contributed by atoms with van der Waals surface area (Å²) in [5, 5.41) is 9.65. The Morgan fingerprint density at radius 3 is 2.76 bits per heavy atom. The molecule has 1 heterocycles. The van der Waals surface area contributed by atoms with E-state index in [2.05, 4.69) is 35.3 Å². The fraction of sp³-hybridized carbons (Fsp3) is 0.867. The minimum absolute atomic E-state index is 0.414. The number of aromatic nitrogens is 2. The summed E-state index contributed by atoms with van der Waals surface area (Å²) in [6.45, 7) is 3.88. The molecule has 0 N–H and O–H groups in total. The second kappa shape index (κ2) is 6.52. The number of thioether (sulfide) groups is 1. The molecule has 1 aromatic rings. The molecule has 118 valence electrons. The maximum absolute atomic E-state index is 6.01. The van der Waals surface area contributed by atoms with Crippen LogP contribution in [0, 0.1) is 5.41 Å². The molecular weight excluding hydrogens is 302 g/mol. The van der Waals surface area contributed by atoms with Crippen LogP contribution in [0.15, 0.2) is 4.34 Å². The third-order valence-corrected chi connectivity index (χ3v) is 7.07. The Morgan fingerprint density at radius 2 is 2.14 bits per heavy atom. The molecule has 1 aromatic heterocycles. The highest BCUT2D eigenvalue weighted by Crippen LogP contribution is 2.56. The van der Waals surface area contributed by atoms with Crippen molar-refractivity contribution in [1.82, 2.24) is 15.1 Å². The van der Waals surface area contributed by atoms with Gasteiger partial charge in [-0.05, 0) is 39.5 Å². The van der Waals surface area contributed by atoms with Crippen molar-refractivity contribution in [2.24, 2.45) is 5.41 Å². The topological polar surface area (TPSA) is 38.2 Å². The highest BCUT2D eigenvalue weighted by molar-refractivity contribution is 8.00. The molecule has 0 amide bonds. The van der Waals surface area contributed by atoms with Gasteiger partial charge in [-0.1, -0.05) is 35.9 Å². The van der Waals surface area contributed by atoms with Gasteiger partial charge in [0.25, 0.3) is 0 Å². The van der Waals surface area contributed by atoms with Gasteiger partial charge in [0.1, 0.15) is 5.01 Å². The van der Waals surface area contributed by atoms with E-state index in [1.54, 1.807) is 23.1 Å². The molecule has 1 spiro atoms. The lowest BCUT2D eigenvalue weighted by Gasteiger charge is -2.57. The zero-order valence-corrected chi connectivity index (χ0v) is 14.8. The predicted molar refractivity (Wildman–Crippen MR) is 87.9 cm³/mol. The van der Waals surface area contributed by atoms with Crippen LogP contribution in [0.2, 0.25) is 0 Å². The summed E-state index contributed by atoms with van der Waals surface area (Å²) in [6, 6.07) is 0.651. The van der Waals surface area contributed by atoms with Gasteiger partial charge >= 0.3 is 0 Å². The zero-order chi connectivity index (χ0) is 14.9. The number of rotatable bonds is 6. The lowest BCUT2D eigenvalue weighted by molar-refractivity contribution is -0.162. The lowest BCUT2D eigenvalue weighted by atomic mass is 9.60. The highest BCUT2D eigenvalue weighted by Gasteiger charge is 2.57. The zero-order valence-electron chi connectivity index (χ0n) is 13.2. The monoisotopic (exact) mass is 327 g/mol. The van der Waals surface area contributed by atoms with E-state index >= 15 is 0 Å². The molecule has 0 radical (unpaired) electrons. The first-order valence-electron chi connectivity index (χ1n) is 7.88. The molecule has 2 fully saturated rings. The van der Waals surface area contributed by atoms with Crippen molar-refractivity contribution in [1.29, 1.82) is 0 Å². The maximum Gasteiger partial charge on any atom is 0.174 e. The van der Waals surface area contributed by atoms with Crippen molar-refractivity contribution in [3.8, 4) is 0 Å². The summed E-state index contributed by atoms with van der Waals surface area (Å²) in [4.78, 5) is 2.49. The summed E-state index contributed by atoms with van der Waals surface area (Å²) in [7, 11) is 2.24. The summed E-state index contributed by atoms with van der Waals surface area (Å²) in [5.74, 6) is 0. The number of hydrogen-bond acceptors (Lipinski definition) is 6. The summed E-state index contributed by atoms with van der Waals surface area (Å²) < 4.78 is 7.08. The Bertz CT molecular complexity index is 473. The Kier molecular flexibility index (Phi) is 4.88. The molecule has 0 unspecified atom stereocenters. The maximum atomic E-state index is 6.01. The van der Waals surface area contributed by atoms with Gasteiger partial charge in [0.05, 0.1) is 12.6 Å². The van der Waals surface area contributed by atoms with Crippen LogP contribution < -0.4 is 0 Å². The van der Waals surface area contributed by atoms with Crippen molar-refractivity contribution >= 4 is 23.1 Å². The first-order chi connectivity index (χ1) is 10.2. The summed E-state index contributed by atoms with van der Waals surface area (Å²) in [5.41, 5.74) is 0.414. The van der Waals surface area contributed by atoms with E-state index in [0.717, 1.165) is 22.5 Å². The third kappa shape index (κ3) is 2.87. The summed E-state index contributed by atoms with van der Waals surface area (Å²) in [6.07, 6.45) is 9.11. The highest BCUT2D eigenvalue weighted by atomic mass is 32.2. The largest absolute Gasteiger partial charge is 0.378 e. The van der Waals surface area contributed by atoms with Crippen LogP contribution in [0.4, 0.5) is 0 Å². The number of hydrogen-bond donors (Lipinski definition) is 0. The molecule has 2 atom stereocenters. The Morgan fingerprint density at radius 1 is 1.38 bits per heavy atom. The average Bonchev–Trinajstić information content (AvgIpc) is 3.12. The van der Waals surface area contributed by atoms with Crippen LogP contribution in [0.1, 0.15) is 44.0 Å². The fourth-order valence-corrected chi connectivity index (χ4v) is 5.55. The van der Waals surface area contributed by atoms with Crippen molar-refractivity contribution in [3.63, 3.8) is 0 Å². The van der Waals surface area contributed by atoms with Gasteiger partial charge in [0.15, 0.2) is 4.34 Å². The van der Waals surface area contributed by atoms with Crippen LogP contribution in [0.3, 0.4) is 0 Å². The molecule has 6 heteroatoms. The Balaban J connectivity index is 1.65. The minimum atomic E-state index is 0.414. The normalized spacial score (nSPS) is 27.4. The fourth-order valence-electron chi connectivity index (χ4n) is 4.18. The molecule has 2 saturated carbocycles. The third-order valence-electron chi connectivity index (χ3n) is 5.18. The molecule has 0 aliphatic heterocycles. The molecule has 4 nitrogen and oxygen atoms in total. The lowest BCUT2D eigenvalue weighted by Crippen LogP contribution is -2.62. The second-order valence-corrected chi connectivity index (χ2v) is 8.33. The van der Waals surface area contributed by atoms with Gasteiger partial charge in [-0.15, -0.1) is 10.2 Å². The van der Waals surface area contributed by atoms with Crippen molar-refractivity contribution in [2.45, 2.75) is 62.1 Å². The molecule has 0 saturated heterocycles. The predicted octanol–water partition coefficient (Wildman–Crippen LogP) is 3.43. The first kappa shape index (κ1) is 15.7. The SMILES string of the molecule is CCO[C@@H]1C[C@H](N(C)Cc2nnc(SC)s2)C12CCCC2. The molecule has 2 aliphatic rings. The first-order valence-corrected chi connectivity index (χ1v) is 9.92. The van der Waals surface area contributed by atoms with E-state index in [0.29, 0.717) is 17.6 Å². The molecular formula is C15H25N3OS2. The van der Waals surface area contributed by atoms with Crippen molar-refractivity contribution in [3.05, 3.63) is 5.01 Å². The standard InChI is InChI=1S/C15H25N3OS2/c1-4-19-12-9-11(15(12)7-5-6-8-15)18(2)10-13-16-17-14(20-3)21-13/h11-12H,4-10H2,1-3H3/t11-,12+/m0/s1. The Hall–Kier alpha value is -0.170. The molecule has 0 aromatic carbocycles. The van der Waals surface area contributed by atoms with Crippen LogP contribution in [-0.2, 0) is 11.3 Å². The number of nitrogens with zero attached hydrogens (tertiary/aromatic N) is 3. The van der Waals surface area contributed by atoms with Crippen LogP contribution in [0.25, 0.3) is 0 Å². The van der Waals surface area contributed by atoms with Crippen molar-refractivity contribution in [2.75, 3.05) is 19.9 Å². The van der Waals surface area contributed by atoms with Crippen molar-refractivity contribution < 1.29 is 4.74 Å². The van der Waals surface area contributed by atoms with E-state index in [1.807, 2.05) is 0 Å². The van der Waals surface area contributed by atoms with Crippen LogP contribution in [-0.4, -0.2) is 47.2 Å². The van der Waals surface area contributed by atoms with Gasteiger partial charge < -0.3 is 4.74 Å². The molecule has 0 bridgehead atoms. The van der Waals surface area contributed by atoms with E-state index in [-0.39, 0.29) is 0 Å². The molecule has 3 rings (SSSR count). The van der Waals surface area contributed by atoms with Gasteiger partial charge in [-0.3, -0.25) is 4.90 Å². The van der Waals surface area contributed by atoms with Crippen LogP contribution in [0.5, 0.6) is 0 Å². The van der Waals surface area contributed by atoms with Crippen LogP contribution >= 0.6 is 23.1 Å². The van der Waals surface area contributed by atoms with E-state index in [1.165, 1.54) is 32.1 Å². The number of ether oxygens (including phenoxy) is 1. The molecule has 21 heavy (non-hydrogen) atoms. The second-order valence-electron chi connectivity index (χ2n) is 6.22. The van der Waals surface area contributed by atoms with E-state index in [9.17, 15) is 0 Å². The quantitative estimate of drug-likeness (QED) is 0.748. The minimum Gasteiger partial charge on any atom is -0.378 e. The van der Waals surface area contributed by atoms with Gasteiger partial charge in [0.2, 0.25) is 0 Å². The smallest absolute Gasteiger partial charge is 0.174 e. The van der Waals surface area contributed by atoms with Gasteiger partial charge in [0, 0.05) is 18.1 Å². The summed E-state index contributed by atoms with van der Waals surface area (Å²) >= 11 is 3.40. The average molecular weight is 328 g/mol. The van der Waals surface area contributed by atoms with Gasteiger partial charge in [-0.2, -0.15) is 0 Å².